The lowest BCUT2D eigenvalue weighted by Gasteiger charge is -2.13. The van der Waals surface area contributed by atoms with Crippen LogP contribution in [0.4, 0.5) is 0 Å². The van der Waals surface area contributed by atoms with Crippen molar-refractivity contribution in [2.75, 3.05) is 13.7 Å². The molecule has 0 saturated carbocycles. The summed E-state index contributed by atoms with van der Waals surface area (Å²) in [6, 6.07) is 7.16. The molecule has 5 heteroatoms. The molecule has 1 rings (SSSR count). The smallest absolute Gasteiger partial charge is 0.157 e. The Morgan fingerprint density at radius 2 is 2.00 bits per heavy atom. The van der Waals surface area contributed by atoms with Crippen LogP contribution in [0.2, 0.25) is 0 Å². The Balaban J connectivity index is 2.90. The summed E-state index contributed by atoms with van der Waals surface area (Å²) in [5.41, 5.74) is 6.08. The minimum atomic E-state index is -3.17. The molecule has 1 aromatic carbocycles. The molecule has 17 heavy (non-hydrogen) atoms. The van der Waals surface area contributed by atoms with E-state index in [1.807, 2.05) is 6.07 Å². The topological polar surface area (TPSA) is 69.4 Å². The number of nitrogens with two attached hydrogens (primary N) is 1. The van der Waals surface area contributed by atoms with Gasteiger partial charge in [0.15, 0.2) is 9.84 Å². The molecule has 0 aliphatic rings. The summed E-state index contributed by atoms with van der Waals surface area (Å²) in [6.45, 7) is 2.07. The van der Waals surface area contributed by atoms with E-state index < -0.39 is 15.1 Å². The molecular weight excluding hydrogens is 238 g/mol. The van der Waals surface area contributed by atoms with Crippen molar-refractivity contribution in [3.63, 3.8) is 0 Å². The molecule has 0 aromatic heterocycles. The lowest BCUT2D eigenvalue weighted by Crippen LogP contribution is -2.23. The highest BCUT2D eigenvalue weighted by atomic mass is 32.2. The zero-order valence-corrected chi connectivity index (χ0v) is 11.0. The van der Waals surface area contributed by atoms with Crippen molar-refractivity contribution >= 4 is 9.84 Å². The molecule has 0 heterocycles. The number of rotatable bonds is 6. The summed E-state index contributed by atoms with van der Waals surface area (Å²) in [5, 5.41) is -0.419. The summed E-state index contributed by atoms with van der Waals surface area (Å²) in [6.07, 6.45) is 0.484. The number of hydrogen-bond donors (Lipinski definition) is 1. The van der Waals surface area contributed by atoms with E-state index in [1.54, 1.807) is 25.1 Å². The Labute approximate surface area is 103 Å². The molecule has 0 bridgehead atoms. The predicted molar refractivity (Wildman–Crippen MR) is 68.8 cm³/mol. The standard InChI is InChI=1S/C12H19NO3S/c1-10(7-8-13)17(14,15)9-11-5-3-4-6-12(11)16-2/h3-6,10H,7-9,13H2,1-2H3. The van der Waals surface area contributed by atoms with E-state index >= 15 is 0 Å². The first-order valence-corrected chi connectivity index (χ1v) is 7.26. The normalized spacial score (nSPS) is 13.4. The second-order valence-electron chi connectivity index (χ2n) is 4.01. The molecule has 0 radical (unpaired) electrons. The fourth-order valence-electron chi connectivity index (χ4n) is 1.60. The van der Waals surface area contributed by atoms with Gasteiger partial charge in [-0.15, -0.1) is 0 Å². The summed E-state index contributed by atoms with van der Waals surface area (Å²) in [5.74, 6) is 0.606. The van der Waals surface area contributed by atoms with Gasteiger partial charge >= 0.3 is 0 Å². The molecule has 1 aromatic rings. The monoisotopic (exact) mass is 257 g/mol. The lowest BCUT2D eigenvalue weighted by atomic mass is 10.2. The van der Waals surface area contributed by atoms with Crippen LogP contribution in [-0.4, -0.2) is 27.3 Å². The van der Waals surface area contributed by atoms with Gasteiger partial charge in [0.1, 0.15) is 5.75 Å². The van der Waals surface area contributed by atoms with Crippen LogP contribution in [-0.2, 0) is 15.6 Å². The summed E-state index contributed by atoms with van der Waals surface area (Å²) >= 11 is 0. The third-order valence-corrected chi connectivity index (χ3v) is 4.91. The maximum absolute atomic E-state index is 12.0. The number of para-hydroxylation sites is 1. The van der Waals surface area contributed by atoms with Crippen molar-refractivity contribution in [3.05, 3.63) is 29.8 Å². The maximum Gasteiger partial charge on any atom is 0.157 e. The first-order valence-electron chi connectivity index (χ1n) is 5.54. The first-order chi connectivity index (χ1) is 8.01. The van der Waals surface area contributed by atoms with Crippen LogP contribution in [0, 0.1) is 0 Å². The largest absolute Gasteiger partial charge is 0.496 e. The molecule has 4 nitrogen and oxygen atoms in total. The average molecular weight is 257 g/mol. The first kappa shape index (κ1) is 14.0. The molecule has 0 saturated heterocycles. The Bertz CT molecular complexity index is 457. The maximum atomic E-state index is 12.0. The van der Waals surface area contributed by atoms with E-state index in [2.05, 4.69) is 0 Å². The molecule has 0 amide bonds. The molecule has 96 valence electrons. The van der Waals surface area contributed by atoms with Gasteiger partial charge in [-0.05, 0) is 26.0 Å². The summed E-state index contributed by atoms with van der Waals surface area (Å²) < 4.78 is 29.2. The Kier molecular flexibility index (Phi) is 4.96. The number of benzene rings is 1. The SMILES string of the molecule is COc1ccccc1CS(=O)(=O)C(C)CCN. The zero-order chi connectivity index (χ0) is 12.9. The van der Waals surface area contributed by atoms with E-state index in [0.29, 0.717) is 24.3 Å². The fraction of sp³-hybridized carbons (Fsp3) is 0.500. The highest BCUT2D eigenvalue weighted by molar-refractivity contribution is 7.91. The Hall–Kier alpha value is -1.07. The quantitative estimate of drug-likeness (QED) is 0.835. The number of ether oxygens (including phenoxy) is 1. The molecular formula is C12H19NO3S. The van der Waals surface area contributed by atoms with E-state index in [1.165, 1.54) is 7.11 Å². The second kappa shape index (κ2) is 6.02. The highest BCUT2D eigenvalue weighted by Crippen LogP contribution is 2.22. The van der Waals surface area contributed by atoms with Crippen molar-refractivity contribution in [3.8, 4) is 5.75 Å². The van der Waals surface area contributed by atoms with Crippen LogP contribution in [0.25, 0.3) is 0 Å². The van der Waals surface area contributed by atoms with E-state index in [-0.39, 0.29) is 5.75 Å². The number of methoxy groups -OCH3 is 1. The Morgan fingerprint density at radius 1 is 1.35 bits per heavy atom. The van der Waals surface area contributed by atoms with Gasteiger partial charge in [0, 0.05) is 5.56 Å². The zero-order valence-electron chi connectivity index (χ0n) is 10.2. The molecule has 0 fully saturated rings. The van der Waals surface area contributed by atoms with Crippen molar-refractivity contribution in [2.24, 2.45) is 5.73 Å². The molecule has 1 atom stereocenters. The molecule has 1 unspecified atom stereocenters. The number of hydrogen-bond acceptors (Lipinski definition) is 4. The number of sulfone groups is 1. The van der Waals surface area contributed by atoms with E-state index in [0.717, 1.165) is 0 Å². The second-order valence-corrected chi connectivity index (χ2v) is 6.43. The van der Waals surface area contributed by atoms with Gasteiger partial charge in [0.05, 0.1) is 18.1 Å². The van der Waals surface area contributed by atoms with Crippen LogP contribution in [0.3, 0.4) is 0 Å². The summed E-state index contributed by atoms with van der Waals surface area (Å²) in [7, 11) is -1.63. The third-order valence-electron chi connectivity index (χ3n) is 2.74. The molecule has 0 aliphatic carbocycles. The van der Waals surface area contributed by atoms with Gasteiger partial charge < -0.3 is 10.5 Å². The van der Waals surface area contributed by atoms with Crippen LogP contribution in [0.15, 0.2) is 24.3 Å². The lowest BCUT2D eigenvalue weighted by molar-refractivity contribution is 0.411. The van der Waals surface area contributed by atoms with E-state index in [4.69, 9.17) is 10.5 Å². The van der Waals surface area contributed by atoms with Crippen LogP contribution >= 0.6 is 0 Å². The van der Waals surface area contributed by atoms with Crippen LogP contribution in [0.5, 0.6) is 5.75 Å². The predicted octanol–water partition coefficient (Wildman–Crippen LogP) is 1.35. The molecule has 0 spiro atoms. The minimum Gasteiger partial charge on any atom is -0.496 e. The van der Waals surface area contributed by atoms with Crippen LogP contribution < -0.4 is 10.5 Å². The van der Waals surface area contributed by atoms with Gasteiger partial charge in [-0.1, -0.05) is 18.2 Å². The van der Waals surface area contributed by atoms with Crippen molar-refractivity contribution in [1.82, 2.24) is 0 Å². The molecule has 0 aliphatic heterocycles. The van der Waals surface area contributed by atoms with Crippen LogP contribution in [0.1, 0.15) is 18.9 Å². The van der Waals surface area contributed by atoms with Gasteiger partial charge in [-0.3, -0.25) is 0 Å². The van der Waals surface area contributed by atoms with Gasteiger partial charge in [-0.2, -0.15) is 0 Å². The Morgan fingerprint density at radius 3 is 2.59 bits per heavy atom. The fourth-order valence-corrected chi connectivity index (χ4v) is 3.05. The highest BCUT2D eigenvalue weighted by Gasteiger charge is 2.21. The van der Waals surface area contributed by atoms with E-state index in [9.17, 15) is 8.42 Å². The van der Waals surface area contributed by atoms with Crippen molar-refractivity contribution in [2.45, 2.75) is 24.3 Å². The van der Waals surface area contributed by atoms with Crippen molar-refractivity contribution < 1.29 is 13.2 Å². The van der Waals surface area contributed by atoms with Gasteiger partial charge in [0.25, 0.3) is 0 Å². The summed E-state index contributed by atoms with van der Waals surface area (Å²) in [4.78, 5) is 0. The minimum absolute atomic E-state index is 0.00181. The molecule has 2 N–H and O–H groups in total. The van der Waals surface area contributed by atoms with Gasteiger partial charge in [-0.25, -0.2) is 8.42 Å². The third kappa shape index (κ3) is 3.71. The average Bonchev–Trinajstić information content (AvgIpc) is 2.29. The van der Waals surface area contributed by atoms with Crippen molar-refractivity contribution in [1.29, 1.82) is 0 Å². The van der Waals surface area contributed by atoms with Gasteiger partial charge in [0.2, 0.25) is 0 Å².